The van der Waals surface area contributed by atoms with Gasteiger partial charge in [-0.2, -0.15) is 0 Å². The minimum Gasteiger partial charge on any atom is -0.391 e. The summed E-state index contributed by atoms with van der Waals surface area (Å²) >= 11 is 0. The Morgan fingerprint density at radius 1 is 1.40 bits per heavy atom. The molecule has 0 aromatic rings. The van der Waals surface area contributed by atoms with Gasteiger partial charge in [-0.1, -0.05) is 24.3 Å². The zero-order valence-corrected chi connectivity index (χ0v) is 10.5. The van der Waals surface area contributed by atoms with Crippen LogP contribution in [0.4, 0.5) is 0 Å². The van der Waals surface area contributed by atoms with Crippen LogP contribution in [0.1, 0.15) is 27.2 Å². The monoisotopic (exact) mass is 228 g/mol. The Balaban J connectivity index is 2.52. The van der Waals surface area contributed by atoms with Crippen molar-refractivity contribution >= 4 is 10.8 Å². The highest BCUT2D eigenvalue weighted by atomic mass is 32.2. The molecule has 1 aliphatic rings. The number of hydrogen-bond acceptors (Lipinski definition) is 2. The van der Waals surface area contributed by atoms with E-state index < -0.39 is 16.9 Å². The first-order valence-corrected chi connectivity index (χ1v) is 6.63. The lowest BCUT2D eigenvalue weighted by Gasteiger charge is -2.23. The van der Waals surface area contributed by atoms with Gasteiger partial charge in [-0.25, -0.2) is 0 Å². The van der Waals surface area contributed by atoms with Gasteiger partial charge in [-0.05, 0) is 27.2 Å². The second-order valence-corrected chi connectivity index (χ2v) is 7.11. The molecule has 0 spiro atoms. The van der Waals surface area contributed by atoms with E-state index >= 15 is 0 Å². The number of allylic oxidation sites excluding steroid dienone is 2. The van der Waals surface area contributed by atoms with Crippen LogP contribution in [-0.4, -0.2) is 25.9 Å². The van der Waals surface area contributed by atoms with Crippen LogP contribution in [0, 0.1) is 5.92 Å². The molecule has 0 heterocycles. The summed E-state index contributed by atoms with van der Waals surface area (Å²) in [7, 11) is -0.987. The summed E-state index contributed by atoms with van der Waals surface area (Å²) in [5.74, 6) is 0.382. The molecule has 2 nitrogen and oxygen atoms in total. The zero-order chi connectivity index (χ0) is 11.5. The summed E-state index contributed by atoms with van der Waals surface area (Å²) in [6.07, 6.45) is 8.46. The summed E-state index contributed by atoms with van der Waals surface area (Å²) in [6.45, 7) is 5.80. The second kappa shape index (κ2) is 5.08. The Morgan fingerprint density at radius 2 is 1.93 bits per heavy atom. The van der Waals surface area contributed by atoms with Crippen LogP contribution >= 0.6 is 0 Å². The molecule has 0 bridgehead atoms. The fourth-order valence-corrected chi connectivity index (χ4v) is 2.42. The number of hydrogen-bond donors (Lipinski definition) is 1. The highest BCUT2D eigenvalue weighted by Crippen LogP contribution is 2.18. The van der Waals surface area contributed by atoms with Crippen molar-refractivity contribution < 1.29 is 9.32 Å². The van der Waals surface area contributed by atoms with E-state index in [9.17, 15) is 9.32 Å². The lowest BCUT2D eigenvalue weighted by Crippen LogP contribution is -2.32. The van der Waals surface area contributed by atoms with Gasteiger partial charge in [-0.3, -0.25) is 4.21 Å². The van der Waals surface area contributed by atoms with E-state index in [0.717, 1.165) is 6.42 Å². The Kier molecular flexibility index (Phi) is 4.29. The lowest BCUT2D eigenvalue weighted by molar-refractivity contribution is 0.171. The molecule has 0 aromatic carbocycles. The van der Waals surface area contributed by atoms with Gasteiger partial charge in [0.2, 0.25) is 0 Å². The number of rotatable bonds is 3. The van der Waals surface area contributed by atoms with E-state index in [1.54, 1.807) is 0 Å². The van der Waals surface area contributed by atoms with Crippen LogP contribution in [-0.2, 0) is 10.8 Å². The van der Waals surface area contributed by atoms with E-state index in [2.05, 4.69) is 0 Å². The molecule has 1 N–H and O–H groups in total. The third-order valence-electron chi connectivity index (χ3n) is 2.44. The van der Waals surface area contributed by atoms with E-state index in [0.29, 0.717) is 5.75 Å². The maximum atomic E-state index is 11.8. The lowest BCUT2D eigenvalue weighted by atomic mass is 9.98. The standard InChI is InChI=1S/C12H20O2S/c1-12(2,3)15(14)9-11(13)10-7-5-4-6-8-10/h5-8,10-11,13H,4,9H2,1-3H3/t11-,15?/m0/s1. The van der Waals surface area contributed by atoms with Gasteiger partial charge in [0.1, 0.15) is 0 Å². The summed E-state index contributed by atoms with van der Waals surface area (Å²) < 4.78 is 11.6. The van der Waals surface area contributed by atoms with Crippen molar-refractivity contribution in [3.05, 3.63) is 24.3 Å². The van der Waals surface area contributed by atoms with Gasteiger partial charge in [0.15, 0.2) is 0 Å². The Morgan fingerprint density at radius 3 is 2.40 bits per heavy atom. The van der Waals surface area contributed by atoms with Crippen molar-refractivity contribution in [2.75, 3.05) is 5.75 Å². The highest BCUT2D eigenvalue weighted by Gasteiger charge is 2.25. The Bertz CT molecular complexity index is 274. The quantitative estimate of drug-likeness (QED) is 0.750. The van der Waals surface area contributed by atoms with Crippen LogP contribution in [0.15, 0.2) is 24.3 Å². The van der Waals surface area contributed by atoms with E-state index in [1.807, 2.05) is 45.1 Å². The van der Waals surface area contributed by atoms with Gasteiger partial charge in [0, 0.05) is 21.5 Å². The molecule has 86 valence electrons. The first-order valence-electron chi connectivity index (χ1n) is 5.31. The average molecular weight is 228 g/mol. The highest BCUT2D eigenvalue weighted by molar-refractivity contribution is 7.86. The van der Waals surface area contributed by atoms with Crippen LogP contribution < -0.4 is 0 Å². The van der Waals surface area contributed by atoms with Crippen LogP contribution in [0.3, 0.4) is 0 Å². The van der Waals surface area contributed by atoms with E-state index in [-0.39, 0.29) is 10.7 Å². The molecular weight excluding hydrogens is 208 g/mol. The van der Waals surface area contributed by atoms with Crippen molar-refractivity contribution in [3.63, 3.8) is 0 Å². The molecular formula is C12H20O2S. The molecule has 0 aliphatic heterocycles. The molecule has 0 fully saturated rings. The molecule has 1 unspecified atom stereocenters. The van der Waals surface area contributed by atoms with Gasteiger partial charge in [0.05, 0.1) is 11.9 Å². The molecule has 3 heteroatoms. The second-order valence-electron chi connectivity index (χ2n) is 4.86. The summed E-state index contributed by atoms with van der Waals surface area (Å²) in [5, 5.41) is 9.91. The predicted octanol–water partition coefficient (Wildman–Crippen LogP) is 2.03. The molecule has 0 amide bonds. The molecule has 0 saturated carbocycles. The van der Waals surface area contributed by atoms with Crippen LogP contribution in [0.25, 0.3) is 0 Å². The van der Waals surface area contributed by atoms with Gasteiger partial charge >= 0.3 is 0 Å². The molecule has 0 radical (unpaired) electrons. The maximum Gasteiger partial charge on any atom is 0.0752 e. The molecule has 0 saturated heterocycles. The van der Waals surface area contributed by atoms with E-state index in [4.69, 9.17) is 0 Å². The molecule has 15 heavy (non-hydrogen) atoms. The average Bonchev–Trinajstić information content (AvgIpc) is 2.17. The normalized spacial score (nSPS) is 21.6. The van der Waals surface area contributed by atoms with Crippen molar-refractivity contribution in [1.82, 2.24) is 0 Å². The van der Waals surface area contributed by atoms with Crippen LogP contribution in [0.2, 0.25) is 0 Å². The smallest absolute Gasteiger partial charge is 0.0752 e. The third kappa shape index (κ3) is 3.92. The molecule has 1 rings (SSSR count). The zero-order valence-electron chi connectivity index (χ0n) is 9.64. The fraction of sp³-hybridized carbons (Fsp3) is 0.667. The van der Waals surface area contributed by atoms with Crippen LogP contribution in [0.5, 0.6) is 0 Å². The first-order chi connectivity index (χ1) is 6.91. The van der Waals surface area contributed by atoms with Crippen molar-refractivity contribution in [3.8, 4) is 0 Å². The molecule has 1 aliphatic carbocycles. The maximum absolute atomic E-state index is 11.8. The number of aliphatic hydroxyl groups excluding tert-OH is 1. The van der Waals surface area contributed by atoms with Crippen molar-refractivity contribution in [2.45, 2.75) is 38.0 Å². The third-order valence-corrected chi connectivity index (χ3v) is 4.45. The van der Waals surface area contributed by atoms with Gasteiger partial charge in [-0.15, -0.1) is 0 Å². The largest absolute Gasteiger partial charge is 0.391 e. The number of aliphatic hydroxyl groups is 1. The predicted molar refractivity (Wildman–Crippen MR) is 65.2 cm³/mol. The minimum atomic E-state index is -0.987. The first kappa shape index (κ1) is 12.7. The summed E-state index contributed by atoms with van der Waals surface area (Å²) in [6, 6.07) is 0. The fourth-order valence-electron chi connectivity index (χ4n) is 1.39. The van der Waals surface area contributed by atoms with Crippen molar-refractivity contribution in [1.29, 1.82) is 0 Å². The van der Waals surface area contributed by atoms with Gasteiger partial charge in [0.25, 0.3) is 0 Å². The SMILES string of the molecule is CC(C)(C)S(=O)C[C@H](O)C1C=CCC=C1. The van der Waals surface area contributed by atoms with E-state index in [1.165, 1.54) is 0 Å². The topological polar surface area (TPSA) is 37.3 Å². The minimum absolute atomic E-state index is 0.0325. The Labute approximate surface area is 94.5 Å². The Hall–Kier alpha value is -0.410. The summed E-state index contributed by atoms with van der Waals surface area (Å²) in [4.78, 5) is 0. The molecule has 2 atom stereocenters. The summed E-state index contributed by atoms with van der Waals surface area (Å²) in [5.41, 5.74) is 0. The van der Waals surface area contributed by atoms with Crippen molar-refractivity contribution in [2.24, 2.45) is 5.92 Å². The van der Waals surface area contributed by atoms with Gasteiger partial charge < -0.3 is 5.11 Å². The molecule has 0 aromatic heterocycles.